The second kappa shape index (κ2) is 9.23. The molecule has 39 heavy (non-hydrogen) atoms. The van der Waals surface area contributed by atoms with E-state index >= 15 is 0 Å². The SMILES string of the molecule is CCOc1cc(-c2ccc(N3C[C@@H]4[C@@H](CNC(=O)c5c(F)cccc5Cl)[C@@H]4C3)nc2)c2c3cn[nH]c3nn2c1. The number of carbonyl (C=O) groups is 1. The van der Waals surface area contributed by atoms with E-state index in [4.69, 9.17) is 21.3 Å². The lowest BCUT2D eigenvalue weighted by Gasteiger charge is -2.21. The van der Waals surface area contributed by atoms with E-state index in [0.29, 0.717) is 36.6 Å². The van der Waals surface area contributed by atoms with Crippen molar-refractivity contribution in [1.29, 1.82) is 0 Å². The largest absolute Gasteiger partial charge is 0.492 e. The third-order valence-electron chi connectivity index (χ3n) is 7.86. The Labute approximate surface area is 227 Å². The maximum Gasteiger partial charge on any atom is 0.255 e. The van der Waals surface area contributed by atoms with Crippen LogP contribution in [-0.2, 0) is 0 Å². The van der Waals surface area contributed by atoms with E-state index in [1.165, 1.54) is 18.2 Å². The molecule has 0 radical (unpaired) electrons. The summed E-state index contributed by atoms with van der Waals surface area (Å²) in [6.07, 6.45) is 5.54. The van der Waals surface area contributed by atoms with E-state index in [9.17, 15) is 9.18 Å². The van der Waals surface area contributed by atoms with Crippen molar-refractivity contribution < 1.29 is 13.9 Å². The third kappa shape index (κ3) is 4.06. The van der Waals surface area contributed by atoms with Gasteiger partial charge in [-0.05, 0) is 55.0 Å². The highest BCUT2D eigenvalue weighted by Gasteiger charge is 2.55. The molecule has 5 aromatic rings. The molecule has 0 spiro atoms. The first-order valence-corrected chi connectivity index (χ1v) is 13.3. The molecule has 0 unspecified atom stereocenters. The lowest BCUT2D eigenvalue weighted by molar-refractivity contribution is 0.0946. The fourth-order valence-electron chi connectivity index (χ4n) is 5.89. The third-order valence-corrected chi connectivity index (χ3v) is 8.17. The van der Waals surface area contributed by atoms with Crippen LogP contribution in [0.3, 0.4) is 0 Å². The summed E-state index contributed by atoms with van der Waals surface area (Å²) in [4.78, 5) is 19.6. The van der Waals surface area contributed by atoms with Gasteiger partial charge in [-0.2, -0.15) is 5.10 Å². The topological polar surface area (TPSA) is 100 Å². The molecule has 198 valence electrons. The molecule has 5 heterocycles. The molecular formula is C28H25ClFN7O2. The number of hydrogen-bond acceptors (Lipinski definition) is 6. The highest BCUT2D eigenvalue weighted by Crippen LogP contribution is 2.52. The van der Waals surface area contributed by atoms with E-state index in [1.807, 2.05) is 36.0 Å². The molecule has 1 saturated carbocycles. The summed E-state index contributed by atoms with van der Waals surface area (Å²) < 4.78 is 21.7. The van der Waals surface area contributed by atoms with Gasteiger partial charge in [0.2, 0.25) is 0 Å². The number of ether oxygens (including phenoxy) is 1. The number of piperidine rings is 1. The number of H-pyrrole nitrogens is 1. The van der Waals surface area contributed by atoms with Crippen LogP contribution in [0.5, 0.6) is 5.75 Å². The Balaban J connectivity index is 1.04. The average molecular weight is 546 g/mol. The van der Waals surface area contributed by atoms with Crippen LogP contribution in [0.15, 0.2) is 55.0 Å². The van der Waals surface area contributed by atoms with Crippen LogP contribution < -0.4 is 15.0 Å². The predicted octanol–water partition coefficient (Wildman–Crippen LogP) is 4.58. The van der Waals surface area contributed by atoms with Gasteiger partial charge in [-0.1, -0.05) is 17.7 Å². The highest BCUT2D eigenvalue weighted by atomic mass is 35.5. The number of aromatic nitrogens is 5. The summed E-state index contributed by atoms with van der Waals surface area (Å²) in [5.74, 6) is 1.92. The fraction of sp³-hybridized carbons (Fsp3) is 0.286. The zero-order valence-electron chi connectivity index (χ0n) is 21.1. The van der Waals surface area contributed by atoms with E-state index in [1.54, 1.807) is 6.20 Å². The summed E-state index contributed by atoms with van der Waals surface area (Å²) in [6.45, 7) is 4.77. The first-order chi connectivity index (χ1) is 19.0. The molecule has 2 aliphatic rings. The minimum Gasteiger partial charge on any atom is -0.492 e. The lowest BCUT2D eigenvalue weighted by atomic mass is 10.1. The molecule has 1 aromatic carbocycles. The van der Waals surface area contributed by atoms with E-state index in [0.717, 1.165) is 46.7 Å². The summed E-state index contributed by atoms with van der Waals surface area (Å²) in [5.41, 5.74) is 3.50. The van der Waals surface area contributed by atoms with Crippen LogP contribution in [0.2, 0.25) is 5.02 Å². The Kier molecular flexibility index (Phi) is 5.66. The number of pyridine rings is 2. The Hall–Kier alpha value is -4.18. The number of carbonyl (C=O) groups excluding carboxylic acids is 1. The molecule has 9 nitrogen and oxygen atoms in total. The standard InChI is InChI=1S/C28H25ClFN7O2/c1-2-39-16-8-17(26-19-11-33-34-27(19)35-37(26)12-16)15-6-7-24(31-9-15)36-13-20-18(21(20)14-36)10-32-28(38)25-22(29)4-3-5-23(25)30/h3-9,11-12,18,20-21H,2,10,13-14H2,1H3,(H,32,38)(H,34,35)/t18-,20-,21+. The molecule has 4 aromatic heterocycles. The maximum absolute atomic E-state index is 14.0. The molecule has 3 atom stereocenters. The number of amides is 1. The van der Waals surface area contributed by atoms with E-state index in [2.05, 4.69) is 31.6 Å². The zero-order valence-corrected chi connectivity index (χ0v) is 21.8. The van der Waals surface area contributed by atoms with Gasteiger partial charge in [0.1, 0.15) is 17.4 Å². The van der Waals surface area contributed by atoms with Gasteiger partial charge in [0, 0.05) is 37.0 Å². The van der Waals surface area contributed by atoms with Crippen molar-refractivity contribution in [3.63, 3.8) is 0 Å². The van der Waals surface area contributed by atoms with Crippen molar-refractivity contribution in [2.75, 3.05) is 31.1 Å². The van der Waals surface area contributed by atoms with Gasteiger partial charge in [-0.15, -0.1) is 5.10 Å². The summed E-state index contributed by atoms with van der Waals surface area (Å²) >= 11 is 6.02. The number of rotatable bonds is 7. The number of halogens is 2. The second-order valence-corrected chi connectivity index (χ2v) is 10.5. The minimum absolute atomic E-state index is 0.0932. The predicted molar refractivity (Wildman–Crippen MR) is 146 cm³/mol. The Morgan fingerprint density at radius 1 is 1.23 bits per heavy atom. The molecule has 2 fully saturated rings. The molecule has 1 saturated heterocycles. The Morgan fingerprint density at radius 3 is 2.82 bits per heavy atom. The van der Waals surface area contributed by atoms with Gasteiger partial charge in [-0.3, -0.25) is 9.89 Å². The lowest BCUT2D eigenvalue weighted by Crippen LogP contribution is -2.31. The number of benzene rings is 1. The van der Waals surface area contributed by atoms with Gasteiger partial charge < -0.3 is 15.0 Å². The van der Waals surface area contributed by atoms with Gasteiger partial charge in [0.05, 0.1) is 40.5 Å². The number of anilines is 1. The van der Waals surface area contributed by atoms with Crippen molar-refractivity contribution >= 4 is 39.9 Å². The number of fused-ring (bicyclic) bond motifs is 4. The molecule has 1 amide bonds. The number of aromatic amines is 1. The van der Waals surface area contributed by atoms with Gasteiger partial charge in [0.15, 0.2) is 5.65 Å². The van der Waals surface area contributed by atoms with E-state index in [-0.39, 0.29) is 10.6 Å². The number of nitrogens with zero attached hydrogens (tertiary/aromatic N) is 5. The van der Waals surface area contributed by atoms with Crippen molar-refractivity contribution in [1.82, 2.24) is 30.1 Å². The zero-order chi connectivity index (χ0) is 26.7. The second-order valence-electron chi connectivity index (χ2n) is 10.1. The number of hydrogen-bond donors (Lipinski definition) is 2. The normalized spacial score (nSPS) is 20.0. The summed E-state index contributed by atoms with van der Waals surface area (Å²) in [7, 11) is 0. The molecule has 1 aliphatic heterocycles. The number of nitrogens with one attached hydrogen (secondary N) is 2. The Morgan fingerprint density at radius 2 is 2.08 bits per heavy atom. The van der Waals surface area contributed by atoms with Crippen molar-refractivity contribution in [2.45, 2.75) is 6.92 Å². The van der Waals surface area contributed by atoms with Crippen LogP contribution in [0.25, 0.3) is 27.7 Å². The van der Waals surface area contributed by atoms with Crippen molar-refractivity contribution in [3.8, 4) is 16.9 Å². The smallest absolute Gasteiger partial charge is 0.255 e. The van der Waals surface area contributed by atoms with Crippen LogP contribution in [-0.4, -0.2) is 56.9 Å². The van der Waals surface area contributed by atoms with Crippen molar-refractivity contribution in [3.05, 3.63) is 71.4 Å². The molecule has 2 N–H and O–H groups in total. The maximum atomic E-state index is 14.0. The van der Waals surface area contributed by atoms with Gasteiger partial charge in [-0.25, -0.2) is 13.9 Å². The molecule has 0 bridgehead atoms. The first-order valence-electron chi connectivity index (χ1n) is 12.9. The Bertz CT molecular complexity index is 1680. The average Bonchev–Trinajstić information content (AvgIpc) is 3.32. The first kappa shape index (κ1) is 23.9. The van der Waals surface area contributed by atoms with Crippen LogP contribution in [0.1, 0.15) is 17.3 Å². The summed E-state index contributed by atoms with van der Waals surface area (Å²) in [6, 6.07) is 10.4. The minimum atomic E-state index is -0.607. The van der Waals surface area contributed by atoms with Gasteiger partial charge in [0.25, 0.3) is 5.91 Å². The monoisotopic (exact) mass is 545 g/mol. The molecule has 11 heteroatoms. The summed E-state index contributed by atoms with van der Waals surface area (Å²) in [5, 5.41) is 15.6. The molecule has 7 rings (SSSR count). The molecular weight excluding hydrogens is 521 g/mol. The van der Waals surface area contributed by atoms with Crippen LogP contribution >= 0.6 is 11.6 Å². The van der Waals surface area contributed by atoms with Crippen molar-refractivity contribution in [2.24, 2.45) is 17.8 Å². The molecule has 1 aliphatic carbocycles. The van der Waals surface area contributed by atoms with E-state index < -0.39 is 11.7 Å². The fourth-order valence-corrected chi connectivity index (χ4v) is 6.14. The van der Waals surface area contributed by atoms with Crippen LogP contribution in [0.4, 0.5) is 10.2 Å². The van der Waals surface area contributed by atoms with Crippen LogP contribution in [0, 0.1) is 23.6 Å². The van der Waals surface area contributed by atoms with Gasteiger partial charge >= 0.3 is 0 Å². The quantitative estimate of drug-likeness (QED) is 0.311. The highest BCUT2D eigenvalue weighted by molar-refractivity contribution is 6.33.